The molecule has 2 rings (SSSR count). The Bertz CT molecular complexity index is 537. The van der Waals surface area contributed by atoms with Crippen LogP contribution in [0, 0.1) is 0 Å². The molecule has 2 aromatic rings. The largest absolute Gasteiger partial charge is 0.347 e. The fraction of sp³-hybridized carbons (Fsp3) is 0.429. The summed E-state index contributed by atoms with van der Waals surface area (Å²) in [5, 5.41) is 12.1. The molecule has 0 fully saturated rings. The van der Waals surface area contributed by atoms with E-state index >= 15 is 0 Å². The van der Waals surface area contributed by atoms with E-state index in [4.69, 9.17) is 5.84 Å². The van der Waals surface area contributed by atoms with Gasteiger partial charge in [0.15, 0.2) is 0 Å². The van der Waals surface area contributed by atoms with E-state index in [2.05, 4.69) is 35.9 Å². The minimum atomic E-state index is 0.284. The van der Waals surface area contributed by atoms with Crippen LogP contribution < -0.4 is 16.2 Å². The molecule has 0 saturated heterocycles. The first-order chi connectivity index (χ1) is 8.60. The molecule has 0 aromatic carbocycles. The molecule has 0 saturated carbocycles. The molecule has 2 aromatic heterocycles. The van der Waals surface area contributed by atoms with Gasteiger partial charge in [-0.3, -0.25) is 5.43 Å². The minimum absolute atomic E-state index is 0.284. The van der Waals surface area contributed by atoms with Gasteiger partial charge in [0.1, 0.15) is 0 Å². The Morgan fingerprint density at radius 2 is 2.06 bits per heavy atom. The Balaban J connectivity index is 2.32. The van der Waals surface area contributed by atoms with Crippen molar-refractivity contribution in [3.8, 4) is 0 Å². The van der Waals surface area contributed by atoms with Gasteiger partial charge < -0.3 is 4.90 Å². The number of aromatic nitrogens is 7. The van der Waals surface area contributed by atoms with Crippen molar-refractivity contribution in [1.29, 1.82) is 0 Å². The molecule has 10 nitrogen and oxygen atoms in total. The number of nitrogen functional groups attached to an aromatic ring is 1. The zero-order valence-electron chi connectivity index (χ0n) is 10.1. The van der Waals surface area contributed by atoms with Crippen LogP contribution in [0.2, 0.25) is 0 Å². The Morgan fingerprint density at radius 3 is 2.61 bits per heavy atom. The fourth-order valence-corrected chi connectivity index (χ4v) is 1.71. The predicted molar refractivity (Wildman–Crippen MR) is 64.9 cm³/mol. The summed E-state index contributed by atoms with van der Waals surface area (Å²) in [7, 11) is 5.39. The lowest BCUT2D eigenvalue weighted by Gasteiger charge is -2.11. The van der Waals surface area contributed by atoms with Gasteiger partial charge in [-0.25, -0.2) is 10.5 Å². The summed E-state index contributed by atoms with van der Waals surface area (Å²) >= 11 is 1.22. The van der Waals surface area contributed by atoms with Crippen LogP contribution in [0.1, 0.15) is 0 Å². The number of tetrazole rings is 1. The summed E-state index contributed by atoms with van der Waals surface area (Å²) in [6.45, 7) is 0. The molecule has 0 unspecified atom stereocenters. The third-order valence-corrected chi connectivity index (χ3v) is 2.79. The Kier molecular flexibility index (Phi) is 3.53. The molecule has 0 atom stereocenters. The first-order valence-electron chi connectivity index (χ1n) is 4.90. The van der Waals surface area contributed by atoms with E-state index in [1.54, 1.807) is 11.9 Å². The van der Waals surface area contributed by atoms with Crippen LogP contribution in [0.3, 0.4) is 0 Å². The molecule has 18 heavy (non-hydrogen) atoms. The summed E-state index contributed by atoms with van der Waals surface area (Å²) in [6.07, 6.45) is 0. The van der Waals surface area contributed by atoms with Crippen LogP contribution in [0.5, 0.6) is 0 Å². The van der Waals surface area contributed by atoms with Crippen molar-refractivity contribution >= 4 is 23.7 Å². The molecule has 0 radical (unpaired) electrons. The maximum Gasteiger partial charge on any atom is 0.242 e. The zero-order valence-corrected chi connectivity index (χ0v) is 10.9. The maximum absolute atomic E-state index is 5.31. The Hall–Kier alpha value is -2.01. The molecule has 3 N–H and O–H groups in total. The van der Waals surface area contributed by atoms with Gasteiger partial charge in [0.2, 0.25) is 22.2 Å². The van der Waals surface area contributed by atoms with E-state index in [0.717, 1.165) is 0 Å². The number of hydrogen-bond acceptors (Lipinski definition) is 10. The molecule has 96 valence electrons. The van der Waals surface area contributed by atoms with Gasteiger partial charge >= 0.3 is 0 Å². The van der Waals surface area contributed by atoms with E-state index in [1.165, 1.54) is 16.4 Å². The highest BCUT2D eigenvalue weighted by atomic mass is 32.2. The number of nitrogens with one attached hydrogen (secondary N) is 1. The molecule has 0 amide bonds. The molecular weight excluding hydrogens is 256 g/mol. The second-order valence-electron chi connectivity index (χ2n) is 3.47. The SMILES string of the molecule is CN(C)c1nc(NN)nc(Sc2nnnn2C)n1. The maximum atomic E-state index is 5.31. The Labute approximate surface area is 107 Å². The smallest absolute Gasteiger partial charge is 0.242 e. The predicted octanol–water partition coefficient (Wildman–Crippen LogP) is -1.10. The highest BCUT2D eigenvalue weighted by molar-refractivity contribution is 7.99. The molecule has 0 bridgehead atoms. The average Bonchev–Trinajstić information content (AvgIpc) is 2.74. The summed E-state index contributed by atoms with van der Waals surface area (Å²) < 4.78 is 1.53. The van der Waals surface area contributed by atoms with E-state index in [9.17, 15) is 0 Å². The van der Waals surface area contributed by atoms with E-state index in [1.807, 2.05) is 14.1 Å². The van der Waals surface area contributed by atoms with Crippen molar-refractivity contribution in [2.45, 2.75) is 10.3 Å². The highest BCUT2D eigenvalue weighted by Gasteiger charge is 2.12. The third-order valence-electron chi connectivity index (χ3n) is 1.90. The van der Waals surface area contributed by atoms with Crippen molar-refractivity contribution in [3.63, 3.8) is 0 Å². The first-order valence-corrected chi connectivity index (χ1v) is 5.72. The van der Waals surface area contributed by atoms with Gasteiger partial charge in [-0.15, -0.1) is 5.10 Å². The monoisotopic (exact) mass is 268 g/mol. The van der Waals surface area contributed by atoms with Crippen molar-refractivity contribution in [3.05, 3.63) is 0 Å². The van der Waals surface area contributed by atoms with Crippen LogP contribution in [-0.2, 0) is 7.05 Å². The molecular formula is C7H12N10S. The Morgan fingerprint density at radius 1 is 1.28 bits per heavy atom. The topological polar surface area (TPSA) is 124 Å². The van der Waals surface area contributed by atoms with Crippen LogP contribution in [0.4, 0.5) is 11.9 Å². The van der Waals surface area contributed by atoms with Gasteiger partial charge in [-0.05, 0) is 22.2 Å². The lowest BCUT2D eigenvalue weighted by molar-refractivity contribution is 0.663. The van der Waals surface area contributed by atoms with E-state index in [-0.39, 0.29) is 5.95 Å². The normalized spacial score (nSPS) is 10.4. The van der Waals surface area contributed by atoms with Crippen molar-refractivity contribution < 1.29 is 0 Å². The van der Waals surface area contributed by atoms with Gasteiger partial charge in [-0.1, -0.05) is 0 Å². The third kappa shape index (κ3) is 2.62. The number of hydrazine groups is 1. The number of nitrogens with zero attached hydrogens (tertiary/aromatic N) is 8. The fourth-order valence-electron chi connectivity index (χ4n) is 1.05. The summed E-state index contributed by atoms with van der Waals surface area (Å²) in [5.74, 6) is 6.09. The number of nitrogens with two attached hydrogens (primary N) is 1. The average molecular weight is 268 g/mol. The number of anilines is 2. The van der Waals surface area contributed by atoms with Crippen molar-refractivity contribution in [2.24, 2.45) is 12.9 Å². The summed E-state index contributed by atoms with van der Waals surface area (Å²) in [5.41, 5.74) is 2.40. The molecule has 2 heterocycles. The van der Waals surface area contributed by atoms with Crippen molar-refractivity contribution in [1.82, 2.24) is 35.2 Å². The second kappa shape index (κ2) is 5.10. The number of aryl methyl sites for hydroxylation is 1. The van der Waals surface area contributed by atoms with Crippen LogP contribution in [0.25, 0.3) is 0 Å². The van der Waals surface area contributed by atoms with Gasteiger partial charge in [0.25, 0.3) is 0 Å². The van der Waals surface area contributed by atoms with E-state index in [0.29, 0.717) is 16.3 Å². The first kappa shape index (κ1) is 12.4. The number of rotatable bonds is 4. The molecule has 0 aliphatic carbocycles. The minimum Gasteiger partial charge on any atom is -0.347 e. The quantitative estimate of drug-likeness (QED) is 0.521. The standard InChI is InChI=1S/C7H12N10S/c1-16(2)5-9-4(12-8)10-6(11-5)18-7-13-14-15-17(7)3/h8H2,1-3H3,(H,9,10,11,12). The summed E-state index contributed by atoms with van der Waals surface area (Å²) in [6, 6.07) is 0. The van der Waals surface area contributed by atoms with E-state index < -0.39 is 0 Å². The second-order valence-corrected chi connectivity index (χ2v) is 4.40. The molecule has 0 aliphatic rings. The van der Waals surface area contributed by atoms with Gasteiger partial charge in [0.05, 0.1) is 0 Å². The van der Waals surface area contributed by atoms with Crippen LogP contribution in [-0.4, -0.2) is 49.3 Å². The zero-order chi connectivity index (χ0) is 13.1. The summed E-state index contributed by atoms with van der Waals surface area (Å²) in [4.78, 5) is 14.2. The lowest BCUT2D eigenvalue weighted by atomic mass is 10.8. The van der Waals surface area contributed by atoms with Gasteiger partial charge in [-0.2, -0.15) is 15.0 Å². The van der Waals surface area contributed by atoms with Crippen LogP contribution >= 0.6 is 11.8 Å². The van der Waals surface area contributed by atoms with Gasteiger partial charge in [0, 0.05) is 21.1 Å². The molecule has 11 heteroatoms. The van der Waals surface area contributed by atoms with Crippen LogP contribution in [0.15, 0.2) is 10.3 Å². The highest BCUT2D eigenvalue weighted by Crippen LogP contribution is 2.23. The molecule has 0 spiro atoms. The number of hydrogen-bond donors (Lipinski definition) is 2. The van der Waals surface area contributed by atoms with Crippen molar-refractivity contribution in [2.75, 3.05) is 24.4 Å². The molecule has 0 aliphatic heterocycles. The lowest BCUT2D eigenvalue weighted by Crippen LogP contribution is -2.17.